The monoisotopic (exact) mass is 249 g/mol. The predicted molar refractivity (Wildman–Crippen MR) is 60.1 cm³/mol. The molecule has 0 heterocycles. The van der Waals surface area contributed by atoms with E-state index < -0.39 is 0 Å². The second kappa shape index (κ2) is 3.10. The van der Waals surface area contributed by atoms with Crippen molar-refractivity contribution in [3.63, 3.8) is 0 Å². The Morgan fingerprint density at radius 3 is 2.14 bits per heavy atom. The molecule has 1 aromatic rings. The topological polar surface area (TPSA) is 23.8 Å². The predicted octanol–water partition coefficient (Wildman–Crippen LogP) is 3.62. The van der Waals surface area contributed by atoms with E-state index in [9.17, 15) is 0 Å². The molecule has 0 N–H and O–H groups in total. The van der Waals surface area contributed by atoms with Crippen LogP contribution in [-0.4, -0.2) is 0 Å². The standard InChI is InChI=1S/C12H12BrN/c1-8-5-10(13)6-9(2)11(8)12(7-14)3-4-12/h5-6H,3-4H2,1-2H3. The summed E-state index contributed by atoms with van der Waals surface area (Å²) in [5.41, 5.74) is 3.56. The molecule has 1 fully saturated rings. The summed E-state index contributed by atoms with van der Waals surface area (Å²) in [7, 11) is 0. The van der Waals surface area contributed by atoms with E-state index in [0.29, 0.717) is 0 Å². The van der Waals surface area contributed by atoms with Gasteiger partial charge in [-0.3, -0.25) is 0 Å². The first-order valence-corrected chi connectivity index (χ1v) is 5.57. The SMILES string of the molecule is Cc1cc(Br)cc(C)c1C1(C#N)CC1. The molecule has 0 aromatic heterocycles. The summed E-state index contributed by atoms with van der Waals surface area (Å²) in [5.74, 6) is 0. The number of hydrogen-bond acceptors (Lipinski definition) is 1. The Morgan fingerprint density at radius 2 is 1.79 bits per heavy atom. The molecule has 14 heavy (non-hydrogen) atoms. The lowest BCUT2D eigenvalue weighted by molar-refractivity contribution is 0.881. The van der Waals surface area contributed by atoms with Gasteiger partial charge in [-0.15, -0.1) is 0 Å². The highest BCUT2D eigenvalue weighted by Gasteiger charge is 2.46. The highest BCUT2D eigenvalue weighted by atomic mass is 79.9. The van der Waals surface area contributed by atoms with Gasteiger partial charge in [-0.2, -0.15) is 5.26 Å². The van der Waals surface area contributed by atoms with E-state index in [1.807, 2.05) is 0 Å². The lowest BCUT2D eigenvalue weighted by atomic mass is 9.89. The van der Waals surface area contributed by atoms with Crippen molar-refractivity contribution < 1.29 is 0 Å². The number of benzene rings is 1. The molecule has 0 bridgehead atoms. The van der Waals surface area contributed by atoms with Gasteiger partial charge >= 0.3 is 0 Å². The number of nitrogens with zero attached hydrogens (tertiary/aromatic N) is 1. The maximum atomic E-state index is 9.17. The number of rotatable bonds is 1. The number of aryl methyl sites for hydroxylation is 2. The average molecular weight is 250 g/mol. The van der Waals surface area contributed by atoms with Crippen LogP contribution in [0.5, 0.6) is 0 Å². The second-order valence-corrected chi connectivity index (χ2v) is 5.02. The van der Waals surface area contributed by atoms with Gasteiger partial charge in [0.15, 0.2) is 0 Å². The first-order valence-electron chi connectivity index (χ1n) is 4.77. The first kappa shape index (κ1) is 9.73. The van der Waals surface area contributed by atoms with E-state index in [1.54, 1.807) is 0 Å². The zero-order chi connectivity index (χ0) is 10.3. The molecule has 0 atom stereocenters. The molecule has 0 spiro atoms. The molecule has 0 saturated heterocycles. The van der Waals surface area contributed by atoms with Crippen LogP contribution >= 0.6 is 15.9 Å². The fourth-order valence-electron chi connectivity index (χ4n) is 2.21. The quantitative estimate of drug-likeness (QED) is 0.746. The van der Waals surface area contributed by atoms with Crippen LogP contribution in [0.2, 0.25) is 0 Å². The maximum Gasteiger partial charge on any atom is 0.0828 e. The summed E-state index contributed by atoms with van der Waals surface area (Å²) < 4.78 is 1.10. The van der Waals surface area contributed by atoms with Crippen molar-refractivity contribution in [2.45, 2.75) is 32.1 Å². The smallest absolute Gasteiger partial charge is 0.0828 e. The summed E-state index contributed by atoms with van der Waals surface area (Å²) in [5, 5.41) is 9.17. The Balaban J connectivity index is 2.60. The van der Waals surface area contributed by atoms with Gasteiger partial charge < -0.3 is 0 Å². The highest BCUT2D eigenvalue weighted by Crippen LogP contribution is 2.50. The summed E-state index contributed by atoms with van der Waals surface area (Å²) in [6, 6.07) is 6.65. The van der Waals surface area contributed by atoms with Crippen molar-refractivity contribution in [1.29, 1.82) is 5.26 Å². The van der Waals surface area contributed by atoms with Crippen molar-refractivity contribution in [2.75, 3.05) is 0 Å². The molecule has 0 amide bonds. The average Bonchev–Trinajstić information content (AvgIpc) is 2.83. The molecular formula is C12H12BrN. The van der Waals surface area contributed by atoms with Crippen LogP contribution < -0.4 is 0 Å². The largest absolute Gasteiger partial charge is 0.197 e. The number of halogens is 1. The summed E-state index contributed by atoms with van der Waals surface area (Å²) >= 11 is 3.47. The van der Waals surface area contributed by atoms with Crippen molar-refractivity contribution in [3.8, 4) is 6.07 Å². The van der Waals surface area contributed by atoms with Crippen LogP contribution in [0.4, 0.5) is 0 Å². The normalized spacial score (nSPS) is 17.6. The van der Waals surface area contributed by atoms with Crippen LogP contribution in [0.15, 0.2) is 16.6 Å². The van der Waals surface area contributed by atoms with Crippen LogP contribution in [0.1, 0.15) is 29.5 Å². The lowest BCUT2D eigenvalue weighted by Gasteiger charge is -2.14. The van der Waals surface area contributed by atoms with Gasteiger partial charge in [-0.1, -0.05) is 15.9 Å². The third kappa shape index (κ3) is 1.36. The van der Waals surface area contributed by atoms with E-state index in [1.165, 1.54) is 16.7 Å². The van der Waals surface area contributed by atoms with E-state index in [4.69, 9.17) is 5.26 Å². The minimum absolute atomic E-state index is 0.158. The fraction of sp³-hybridized carbons (Fsp3) is 0.417. The highest BCUT2D eigenvalue weighted by molar-refractivity contribution is 9.10. The number of nitriles is 1. The molecular weight excluding hydrogens is 238 g/mol. The Labute approximate surface area is 92.9 Å². The molecule has 1 nitrogen and oxygen atoms in total. The van der Waals surface area contributed by atoms with Gasteiger partial charge in [0.05, 0.1) is 11.5 Å². The van der Waals surface area contributed by atoms with Gasteiger partial charge in [0.1, 0.15) is 0 Å². The minimum Gasteiger partial charge on any atom is -0.197 e. The molecule has 0 unspecified atom stereocenters. The Morgan fingerprint density at radius 1 is 1.29 bits per heavy atom. The van der Waals surface area contributed by atoms with Gasteiger partial charge in [-0.05, 0) is 55.5 Å². The molecule has 2 heteroatoms. The molecule has 1 aromatic carbocycles. The van der Waals surface area contributed by atoms with E-state index in [0.717, 1.165) is 17.3 Å². The van der Waals surface area contributed by atoms with Crippen molar-refractivity contribution in [1.82, 2.24) is 0 Å². The van der Waals surface area contributed by atoms with Gasteiger partial charge in [0.25, 0.3) is 0 Å². The Hall–Kier alpha value is -0.810. The molecule has 0 aliphatic heterocycles. The number of hydrogen-bond donors (Lipinski definition) is 0. The third-order valence-corrected chi connectivity index (χ3v) is 3.40. The van der Waals surface area contributed by atoms with E-state index >= 15 is 0 Å². The summed E-state index contributed by atoms with van der Waals surface area (Å²) in [4.78, 5) is 0. The van der Waals surface area contributed by atoms with Crippen molar-refractivity contribution >= 4 is 15.9 Å². The van der Waals surface area contributed by atoms with Gasteiger partial charge in [0, 0.05) is 4.47 Å². The summed E-state index contributed by atoms with van der Waals surface area (Å²) in [6.07, 6.45) is 2.04. The molecule has 1 aliphatic carbocycles. The van der Waals surface area contributed by atoms with Crippen molar-refractivity contribution in [3.05, 3.63) is 33.3 Å². The van der Waals surface area contributed by atoms with Crippen LogP contribution in [-0.2, 0) is 5.41 Å². The van der Waals surface area contributed by atoms with E-state index in [2.05, 4.69) is 48.0 Å². The van der Waals surface area contributed by atoms with Gasteiger partial charge in [-0.25, -0.2) is 0 Å². The van der Waals surface area contributed by atoms with Crippen LogP contribution in [0.25, 0.3) is 0 Å². The molecule has 2 rings (SSSR count). The minimum atomic E-state index is -0.158. The van der Waals surface area contributed by atoms with E-state index in [-0.39, 0.29) is 5.41 Å². The third-order valence-electron chi connectivity index (χ3n) is 2.94. The van der Waals surface area contributed by atoms with Crippen LogP contribution in [0, 0.1) is 25.2 Å². The maximum absolute atomic E-state index is 9.17. The first-order chi connectivity index (χ1) is 6.59. The lowest BCUT2D eigenvalue weighted by Crippen LogP contribution is -2.07. The molecule has 0 radical (unpaired) electrons. The van der Waals surface area contributed by atoms with Gasteiger partial charge in [0.2, 0.25) is 0 Å². The molecule has 1 saturated carbocycles. The Kier molecular flexibility index (Phi) is 2.16. The molecule has 1 aliphatic rings. The van der Waals surface area contributed by atoms with Crippen molar-refractivity contribution in [2.24, 2.45) is 0 Å². The zero-order valence-electron chi connectivity index (χ0n) is 8.39. The molecule has 72 valence electrons. The second-order valence-electron chi connectivity index (χ2n) is 4.11. The Bertz CT molecular complexity index is 401. The van der Waals surface area contributed by atoms with Crippen LogP contribution in [0.3, 0.4) is 0 Å². The summed E-state index contributed by atoms with van der Waals surface area (Å²) in [6.45, 7) is 4.18. The fourth-order valence-corrected chi connectivity index (χ4v) is 2.89. The zero-order valence-corrected chi connectivity index (χ0v) is 9.98.